The summed E-state index contributed by atoms with van der Waals surface area (Å²) in [6.45, 7) is 4.43. The quantitative estimate of drug-likeness (QED) is 0.391. The number of piperidine rings is 3. The number of hydrogen-bond acceptors (Lipinski definition) is 7. The first-order valence-electron chi connectivity index (χ1n) is 12.8. The molecule has 4 aliphatic rings. The SMILES string of the molecule is CCc1cc(NC(=O)C[N+]23CCC(CC2)C(OC(=O)C2(O)c4ccccc4Oc4ccccc42)C3)no1. The van der Waals surface area contributed by atoms with Gasteiger partial charge in [0.15, 0.2) is 18.5 Å². The number of nitrogens with one attached hydrogen (secondary N) is 1. The molecule has 7 rings (SSSR count). The minimum absolute atomic E-state index is 0.146. The number of benzene rings is 2. The van der Waals surface area contributed by atoms with E-state index in [1.54, 1.807) is 54.6 Å². The lowest BCUT2D eigenvalue weighted by molar-refractivity contribution is -0.939. The number of anilines is 1. The Balaban J connectivity index is 1.21. The Morgan fingerprint density at radius 1 is 1.11 bits per heavy atom. The van der Waals surface area contributed by atoms with Crippen molar-refractivity contribution in [1.82, 2.24) is 5.16 Å². The van der Waals surface area contributed by atoms with Gasteiger partial charge in [-0.05, 0) is 12.1 Å². The standard InChI is InChI=1S/C28H29N3O6/c1-2-19-15-25(30-37-19)29-26(32)17-31-13-11-18(12-14-31)24(16-31)36-27(33)28(34)20-7-3-5-9-22(20)35-23-10-6-4-8-21(23)28/h3-10,15,18,24,34H,2,11-14,16-17H2,1H3/p+1. The fraction of sp³-hybridized carbons (Fsp3) is 0.393. The second-order valence-corrected chi connectivity index (χ2v) is 10.3. The summed E-state index contributed by atoms with van der Waals surface area (Å²) >= 11 is 0. The number of aliphatic hydroxyl groups is 1. The normalized spacial score (nSPS) is 24.9. The average Bonchev–Trinajstić information content (AvgIpc) is 3.36. The zero-order chi connectivity index (χ0) is 25.6. The number of ether oxygens (including phenoxy) is 2. The molecule has 9 nitrogen and oxygen atoms in total. The maximum atomic E-state index is 13.8. The summed E-state index contributed by atoms with van der Waals surface area (Å²) in [6, 6.07) is 15.7. The third kappa shape index (κ3) is 4.08. The van der Waals surface area contributed by atoms with Gasteiger partial charge in [0.2, 0.25) is 5.60 Å². The van der Waals surface area contributed by atoms with Crippen molar-refractivity contribution in [3.05, 3.63) is 71.5 Å². The van der Waals surface area contributed by atoms with Crippen LogP contribution in [0.4, 0.5) is 5.82 Å². The lowest BCUT2D eigenvalue weighted by Gasteiger charge is -2.51. The fourth-order valence-corrected chi connectivity index (χ4v) is 6.02. The van der Waals surface area contributed by atoms with E-state index in [1.165, 1.54) is 0 Å². The monoisotopic (exact) mass is 504 g/mol. The van der Waals surface area contributed by atoms with E-state index in [1.807, 2.05) is 6.92 Å². The van der Waals surface area contributed by atoms with E-state index < -0.39 is 17.7 Å². The second kappa shape index (κ2) is 9.00. The maximum absolute atomic E-state index is 13.8. The molecule has 3 saturated heterocycles. The summed E-state index contributed by atoms with van der Waals surface area (Å²) in [4.78, 5) is 26.6. The van der Waals surface area contributed by atoms with Crippen LogP contribution in [0.5, 0.6) is 11.5 Å². The van der Waals surface area contributed by atoms with Crippen molar-refractivity contribution in [3.8, 4) is 11.5 Å². The predicted molar refractivity (Wildman–Crippen MR) is 133 cm³/mol. The zero-order valence-corrected chi connectivity index (χ0v) is 20.7. The Morgan fingerprint density at radius 3 is 2.38 bits per heavy atom. The summed E-state index contributed by atoms with van der Waals surface area (Å²) in [5.41, 5.74) is -1.26. The van der Waals surface area contributed by atoms with E-state index in [9.17, 15) is 14.7 Å². The first kappa shape index (κ1) is 23.7. The Bertz CT molecular complexity index is 1300. The molecule has 192 valence electrons. The number of aryl methyl sites for hydroxylation is 1. The van der Waals surface area contributed by atoms with Crippen LogP contribution in [0.15, 0.2) is 59.1 Å². The van der Waals surface area contributed by atoms with Crippen molar-refractivity contribution in [2.75, 3.05) is 31.5 Å². The molecule has 1 aromatic heterocycles. The summed E-state index contributed by atoms with van der Waals surface area (Å²) in [7, 11) is 0. The molecule has 0 aliphatic carbocycles. The van der Waals surface area contributed by atoms with Gasteiger partial charge in [0.25, 0.3) is 5.91 Å². The molecule has 2 bridgehead atoms. The molecular formula is C28H30N3O6+. The third-order valence-electron chi connectivity index (χ3n) is 8.02. The second-order valence-electron chi connectivity index (χ2n) is 10.3. The van der Waals surface area contributed by atoms with Gasteiger partial charge in [-0.3, -0.25) is 4.79 Å². The van der Waals surface area contributed by atoms with E-state index in [4.69, 9.17) is 14.0 Å². The molecule has 1 unspecified atom stereocenters. The van der Waals surface area contributed by atoms with Crippen LogP contribution in [0.25, 0.3) is 0 Å². The number of nitrogens with zero attached hydrogens (tertiary/aromatic N) is 2. The van der Waals surface area contributed by atoms with Gasteiger partial charge in [0.05, 0.1) is 13.1 Å². The van der Waals surface area contributed by atoms with Crippen molar-refractivity contribution in [3.63, 3.8) is 0 Å². The van der Waals surface area contributed by atoms with Crippen LogP contribution in [0, 0.1) is 5.92 Å². The van der Waals surface area contributed by atoms with Crippen molar-refractivity contribution in [2.45, 2.75) is 37.9 Å². The third-order valence-corrected chi connectivity index (χ3v) is 8.02. The molecule has 37 heavy (non-hydrogen) atoms. The number of aromatic nitrogens is 1. The molecule has 2 N–H and O–H groups in total. The number of amides is 1. The van der Waals surface area contributed by atoms with Gasteiger partial charge in [0, 0.05) is 42.4 Å². The van der Waals surface area contributed by atoms with Gasteiger partial charge in [-0.15, -0.1) is 0 Å². The zero-order valence-electron chi connectivity index (χ0n) is 20.7. The molecule has 4 aliphatic heterocycles. The smallest absolute Gasteiger partial charge is 0.348 e. The van der Waals surface area contributed by atoms with Gasteiger partial charge in [-0.25, -0.2) is 4.79 Å². The summed E-state index contributed by atoms with van der Waals surface area (Å²) in [5.74, 6) is 1.31. The molecule has 0 radical (unpaired) electrons. The van der Waals surface area contributed by atoms with E-state index in [2.05, 4.69) is 10.5 Å². The number of para-hydroxylation sites is 2. The van der Waals surface area contributed by atoms with Crippen LogP contribution in [-0.4, -0.2) is 58.9 Å². The topological polar surface area (TPSA) is 111 Å². The molecule has 3 aromatic rings. The molecule has 0 spiro atoms. The molecule has 3 fully saturated rings. The Labute approximate surface area is 214 Å². The molecule has 1 amide bonds. The number of carbonyl (C=O) groups excluding carboxylic acids is 2. The van der Waals surface area contributed by atoms with Crippen LogP contribution in [-0.2, 0) is 26.3 Å². The predicted octanol–water partition coefficient (Wildman–Crippen LogP) is 3.37. The Hall–Kier alpha value is -3.69. The molecule has 9 heteroatoms. The van der Waals surface area contributed by atoms with Gasteiger partial charge in [0.1, 0.15) is 23.8 Å². The number of carbonyl (C=O) groups is 2. The minimum Gasteiger partial charge on any atom is -0.457 e. The van der Waals surface area contributed by atoms with Crippen LogP contribution in [0.1, 0.15) is 36.7 Å². The first-order chi connectivity index (χ1) is 17.9. The highest BCUT2D eigenvalue weighted by atomic mass is 16.6. The van der Waals surface area contributed by atoms with Crippen molar-refractivity contribution < 1.29 is 33.2 Å². The summed E-state index contributed by atoms with van der Waals surface area (Å²) in [6.07, 6.45) is 2.01. The number of fused-ring (bicyclic) bond motifs is 5. The summed E-state index contributed by atoms with van der Waals surface area (Å²) < 4.78 is 17.8. The number of esters is 1. The highest BCUT2D eigenvalue weighted by molar-refractivity contribution is 5.91. The molecule has 5 heterocycles. The molecular weight excluding hydrogens is 474 g/mol. The highest BCUT2D eigenvalue weighted by Gasteiger charge is 2.53. The number of quaternary nitrogens is 1. The number of rotatable bonds is 6. The van der Waals surface area contributed by atoms with Gasteiger partial charge in [-0.1, -0.05) is 48.5 Å². The fourth-order valence-electron chi connectivity index (χ4n) is 6.02. The lowest BCUT2D eigenvalue weighted by Crippen LogP contribution is -2.66. The molecule has 2 aromatic carbocycles. The number of hydrogen-bond donors (Lipinski definition) is 2. The molecule has 1 atom stereocenters. The van der Waals surface area contributed by atoms with E-state index in [0.717, 1.165) is 25.9 Å². The average molecular weight is 505 g/mol. The lowest BCUT2D eigenvalue weighted by atomic mass is 9.81. The van der Waals surface area contributed by atoms with E-state index in [-0.39, 0.29) is 18.4 Å². The summed E-state index contributed by atoms with van der Waals surface area (Å²) in [5, 5.41) is 18.6. The van der Waals surface area contributed by atoms with Crippen molar-refractivity contribution in [2.24, 2.45) is 5.92 Å². The van der Waals surface area contributed by atoms with Crippen LogP contribution >= 0.6 is 0 Å². The van der Waals surface area contributed by atoms with Crippen LogP contribution in [0.2, 0.25) is 0 Å². The van der Waals surface area contributed by atoms with E-state index in [0.29, 0.717) is 51.7 Å². The van der Waals surface area contributed by atoms with Crippen molar-refractivity contribution >= 4 is 17.7 Å². The maximum Gasteiger partial charge on any atom is 0.348 e. The van der Waals surface area contributed by atoms with Crippen molar-refractivity contribution in [1.29, 1.82) is 0 Å². The Kier molecular flexibility index (Phi) is 5.77. The van der Waals surface area contributed by atoms with Crippen LogP contribution < -0.4 is 10.1 Å². The first-order valence-corrected chi connectivity index (χ1v) is 12.8. The largest absolute Gasteiger partial charge is 0.457 e. The van der Waals surface area contributed by atoms with Crippen LogP contribution in [0.3, 0.4) is 0 Å². The molecule has 0 saturated carbocycles. The minimum atomic E-state index is -1.98. The Morgan fingerprint density at radius 2 is 1.76 bits per heavy atom. The van der Waals surface area contributed by atoms with Gasteiger partial charge >= 0.3 is 5.97 Å². The van der Waals surface area contributed by atoms with E-state index >= 15 is 0 Å². The highest BCUT2D eigenvalue weighted by Crippen LogP contribution is 2.48. The van der Waals surface area contributed by atoms with Gasteiger partial charge in [-0.2, -0.15) is 0 Å². The van der Waals surface area contributed by atoms with Gasteiger partial charge < -0.3 is 28.9 Å².